The Morgan fingerprint density at radius 1 is 0.814 bits per heavy atom. The van der Waals surface area contributed by atoms with Gasteiger partial charge in [-0.15, -0.1) is 11.3 Å². The predicted molar refractivity (Wildman–Crippen MR) is 178 cm³/mol. The number of aromatic nitrogens is 3. The van der Waals surface area contributed by atoms with E-state index in [0.717, 1.165) is 45.9 Å². The Morgan fingerprint density at radius 2 is 1.40 bits per heavy atom. The number of nitrogens with one attached hydrogen (secondary N) is 1. The molecule has 43 heavy (non-hydrogen) atoms. The van der Waals surface area contributed by atoms with Crippen LogP contribution < -0.4 is 15.8 Å². The molecule has 0 spiro atoms. The first-order valence-corrected chi connectivity index (χ1v) is 15.2. The van der Waals surface area contributed by atoms with Crippen molar-refractivity contribution in [1.82, 2.24) is 14.0 Å². The number of rotatable bonds is 8. The number of hydrogen-bond acceptors (Lipinski definition) is 4. The number of nitrogens with zero attached hydrogens (tertiary/aromatic N) is 4. The van der Waals surface area contributed by atoms with Crippen molar-refractivity contribution in [1.29, 1.82) is 0 Å². The number of allylic oxidation sites excluding steroid dienone is 1. The molecule has 6 aromatic rings. The van der Waals surface area contributed by atoms with Crippen molar-refractivity contribution >= 4 is 22.7 Å². The van der Waals surface area contributed by atoms with E-state index in [2.05, 4.69) is 84.5 Å². The zero-order chi connectivity index (χ0) is 29.8. The lowest BCUT2D eigenvalue weighted by Gasteiger charge is -2.16. The SMILES string of the molecule is CC/C=C(/Nn1c(-c2ccc(-c3ccccc3)cc2)csc1=Nc1c(C)n(C)n(-c2ccccc2)c1=O)c1ccccc1. The van der Waals surface area contributed by atoms with Crippen LogP contribution >= 0.6 is 11.3 Å². The summed E-state index contributed by atoms with van der Waals surface area (Å²) < 4.78 is 5.52. The van der Waals surface area contributed by atoms with Gasteiger partial charge in [0.25, 0.3) is 5.56 Å². The Morgan fingerprint density at radius 3 is 2.05 bits per heavy atom. The van der Waals surface area contributed by atoms with E-state index in [1.165, 1.54) is 16.9 Å². The average molecular weight is 584 g/mol. The summed E-state index contributed by atoms with van der Waals surface area (Å²) in [5, 5.41) is 2.09. The van der Waals surface area contributed by atoms with Crippen molar-refractivity contribution in [2.45, 2.75) is 20.3 Å². The Bertz CT molecular complexity index is 2000. The fourth-order valence-electron chi connectivity index (χ4n) is 5.11. The molecule has 4 aromatic carbocycles. The van der Waals surface area contributed by atoms with Gasteiger partial charge in [-0.1, -0.05) is 116 Å². The van der Waals surface area contributed by atoms with Crippen molar-refractivity contribution in [3.63, 3.8) is 0 Å². The van der Waals surface area contributed by atoms with E-state index in [-0.39, 0.29) is 5.56 Å². The molecule has 0 aliphatic carbocycles. The molecule has 6 nitrogen and oxygen atoms in total. The van der Waals surface area contributed by atoms with E-state index < -0.39 is 0 Å². The van der Waals surface area contributed by atoms with Gasteiger partial charge in [0.15, 0.2) is 5.69 Å². The standard InChI is InChI=1S/C36H33N5OS/c1-4-14-32(29-17-10-6-11-18-29)38-40-33(30-23-21-28(22-24-30)27-15-8-5-9-16-27)25-43-36(40)37-34-26(2)39(3)41(35(34)42)31-19-12-7-13-20-31/h5-25,38H,4H2,1-3H3/b32-14+,37-36?. The Kier molecular flexibility index (Phi) is 8.07. The summed E-state index contributed by atoms with van der Waals surface area (Å²) in [6.45, 7) is 4.05. The fourth-order valence-corrected chi connectivity index (χ4v) is 5.96. The van der Waals surface area contributed by atoms with Crippen LogP contribution in [0.2, 0.25) is 0 Å². The topological polar surface area (TPSA) is 56.2 Å². The number of para-hydroxylation sites is 1. The van der Waals surface area contributed by atoms with Crippen LogP contribution in [0, 0.1) is 6.92 Å². The van der Waals surface area contributed by atoms with Gasteiger partial charge in [-0.3, -0.25) is 14.9 Å². The van der Waals surface area contributed by atoms with E-state index in [1.807, 2.05) is 77.9 Å². The molecule has 6 rings (SSSR count). The highest BCUT2D eigenvalue weighted by Gasteiger charge is 2.17. The lowest BCUT2D eigenvalue weighted by atomic mass is 10.0. The minimum absolute atomic E-state index is 0.160. The highest BCUT2D eigenvalue weighted by molar-refractivity contribution is 7.07. The van der Waals surface area contributed by atoms with Crippen LogP contribution in [0.15, 0.2) is 137 Å². The summed E-state index contributed by atoms with van der Waals surface area (Å²) in [5.41, 5.74) is 11.9. The smallest absolute Gasteiger partial charge is 0.291 e. The van der Waals surface area contributed by atoms with Gasteiger partial charge < -0.3 is 0 Å². The quantitative estimate of drug-likeness (QED) is 0.198. The van der Waals surface area contributed by atoms with E-state index >= 15 is 0 Å². The minimum Gasteiger partial charge on any atom is -0.291 e. The van der Waals surface area contributed by atoms with E-state index in [4.69, 9.17) is 4.99 Å². The van der Waals surface area contributed by atoms with Crippen molar-refractivity contribution in [3.8, 4) is 28.1 Å². The molecule has 1 N–H and O–H groups in total. The fraction of sp³-hybridized carbons (Fsp3) is 0.111. The molecule has 2 aromatic heterocycles. The van der Waals surface area contributed by atoms with E-state index in [9.17, 15) is 4.79 Å². The third-order valence-electron chi connectivity index (χ3n) is 7.45. The van der Waals surface area contributed by atoms with Gasteiger partial charge in [0.2, 0.25) is 4.80 Å². The van der Waals surface area contributed by atoms with Crippen molar-refractivity contribution in [3.05, 3.63) is 153 Å². The summed E-state index contributed by atoms with van der Waals surface area (Å²) in [6.07, 6.45) is 3.03. The van der Waals surface area contributed by atoms with Crippen LogP contribution in [0.4, 0.5) is 5.69 Å². The van der Waals surface area contributed by atoms with E-state index in [1.54, 1.807) is 4.68 Å². The molecule has 0 saturated heterocycles. The molecule has 0 aliphatic rings. The van der Waals surface area contributed by atoms with Crippen molar-refractivity contribution in [2.75, 3.05) is 5.43 Å². The normalized spacial score (nSPS) is 12.1. The van der Waals surface area contributed by atoms with Crippen LogP contribution in [0.1, 0.15) is 24.6 Å². The third kappa shape index (κ3) is 5.67. The third-order valence-corrected chi connectivity index (χ3v) is 8.28. The molecule has 0 aliphatic heterocycles. The Hall–Kier alpha value is -5.14. The van der Waals surface area contributed by atoms with Crippen LogP contribution in [-0.2, 0) is 7.05 Å². The van der Waals surface area contributed by atoms with Gasteiger partial charge in [-0.25, -0.2) is 14.4 Å². The van der Waals surface area contributed by atoms with Crippen molar-refractivity contribution in [2.24, 2.45) is 12.0 Å². The van der Waals surface area contributed by atoms with Gasteiger partial charge >= 0.3 is 0 Å². The molecule has 2 heterocycles. The summed E-state index contributed by atoms with van der Waals surface area (Å²) in [6, 6.07) is 38.8. The summed E-state index contributed by atoms with van der Waals surface area (Å²) >= 11 is 1.50. The molecule has 0 radical (unpaired) electrons. The maximum atomic E-state index is 13.7. The molecule has 0 unspecified atom stereocenters. The highest BCUT2D eigenvalue weighted by atomic mass is 32.1. The predicted octanol–water partition coefficient (Wildman–Crippen LogP) is 7.91. The van der Waals surface area contributed by atoms with Crippen LogP contribution in [0.5, 0.6) is 0 Å². The molecule has 7 heteroatoms. The minimum atomic E-state index is -0.160. The lowest BCUT2D eigenvalue weighted by Crippen LogP contribution is -2.26. The maximum Gasteiger partial charge on any atom is 0.297 e. The Balaban J connectivity index is 1.50. The first kappa shape index (κ1) is 28.0. The molecular formula is C36H33N5OS. The summed E-state index contributed by atoms with van der Waals surface area (Å²) in [4.78, 5) is 19.4. The Labute approximate surface area is 255 Å². The van der Waals surface area contributed by atoms with Gasteiger partial charge in [-0.2, -0.15) is 0 Å². The summed E-state index contributed by atoms with van der Waals surface area (Å²) in [5.74, 6) is 0. The zero-order valence-electron chi connectivity index (χ0n) is 24.4. The van der Waals surface area contributed by atoms with Crippen LogP contribution in [-0.4, -0.2) is 14.0 Å². The molecule has 0 saturated carbocycles. The average Bonchev–Trinajstić information content (AvgIpc) is 3.55. The van der Waals surface area contributed by atoms with Crippen LogP contribution in [0.25, 0.3) is 33.8 Å². The monoisotopic (exact) mass is 583 g/mol. The molecule has 0 bridgehead atoms. The zero-order valence-corrected chi connectivity index (χ0v) is 25.3. The van der Waals surface area contributed by atoms with Gasteiger partial charge in [0.05, 0.1) is 22.8 Å². The molecule has 0 fully saturated rings. The second-order valence-electron chi connectivity index (χ2n) is 10.2. The highest BCUT2D eigenvalue weighted by Crippen LogP contribution is 2.26. The molecule has 0 atom stereocenters. The number of benzene rings is 4. The van der Waals surface area contributed by atoms with Crippen molar-refractivity contribution < 1.29 is 0 Å². The van der Waals surface area contributed by atoms with Gasteiger partial charge in [0.1, 0.15) is 0 Å². The second kappa shape index (κ2) is 12.4. The molecule has 0 amide bonds. The second-order valence-corrected chi connectivity index (χ2v) is 11.0. The number of hydrogen-bond donors (Lipinski definition) is 1. The molecular weight excluding hydrogens is 550 g/mol. The lowest BCUT2D eigenvalue weighted by molar-refractivity contribution is 0.630. The first-order valence-electron chi connectivity index (χ1n) is 14.3. The van der Waals surface area contributed by atoms with Gasteiger partial charge in [0, 0.05) is 18.0 Å². The molecule has 214 valence electrons. The van der Waals surface area contributed by atoms with E-state index in [0.29, 0.717) is 10.5 Å². The van der Waals surface area contributed by atoms with Gasteiger partial charge in [-0.05, 0) is 42.2 Å². The maximum absolute atomic E-state index is 13.7. The largest absolute Gasteiger partial charge is 0.297 e. The van der Waals surface area contributed by atoms with Crippen LogP contribution in [0.3, 0.4) is 0 Å². The summed E-state index contributed by atoms with van der Waals surface area (Å²) in [7, 11) is 1.89. The first-order chi connectivity index (χ1) is 21.0. The number of thiazole rings is 1.